The van der Waals surface area contributed by atoms with Gasteiger partial charge in [-0.25, -0.2) is 10.8 Å². The maximum Gasteiger partial charge on any atom is 0.300 e. The standard InChI is InChI=1S/C12H10N6O2/c1-7-8(2-11(20-7)12(19)17-15)5-18-6-16-9(3-13)10(18)4-14/h2,6H,5,15H2,1H3,(H,17,19). The zero-order valence-corrected chi connectivity index (χ0v) is 10.5. The summed E-state index contributed by atoms with van der Waals surface area (Å²) in [4.78, 5) is 15.2. The largest absolute Gasteiger partial charge is 0.456 e. The van der Waals surface area contributed by atoms with Crippen LogP contribution in [-0.2, 0) is 6.54 Å². The fourth-order valence-corrected chi connectivity index (χ4v) is 1.74. The van der Waals surface area contributed by atoms with Crippen molar-refractivity contribution in [3.05, 3.63) is 40.9 Å². The predicted octanol–water partition coefficient (Wildman–Crippen LogP) is 0.180. The number of hydrogen-bond acceptors (Lipinski definition) is 6. The number of aryl methyl sites for hydroxylation is 1. The summed E-state index contributed by atoms with van der Waals surface area (Å²) in [7, 11) is 0. The first-order valence-corrected chi connectivity index (χ1v) is 5.56. The van der Waals surface area contributed by atoms with Crippen LogP contribution in [0.15, 0.2) is 16.8 Å². The molecule has 0 radical (unpaired) electrons. The minimum Gasteiger partial charge on any atom is -0.456 e. The van der Waals surface area contributed by atoms with Gasteiger partial charge in [-0.2, -0.15) is 10.5 Å². The van der Waals surface area contributed by atoms with Gasteiger partial charge in [0.2, 0.25) is 0 Å². The molecule has 0 aromatic carbocycles. The Kier molecular flexibility index (Phi) is 3.51. The molecule has 0 aliphatic carbocycles. The third-order valence-electron chi connectivity index (χ3n) is 2.77. The third-order valence-corrected chi connectivity index (χ3v) is 2.77. The first kappa shape index (κ1) is 13.3. The second-order valence-corrected chi connectivity index (χ2v) is 3.96. The maximum absolute atomic E-state index is 11.4. The Hall–Kier alpha value is -3.10. The highest BCUT2D eigenvalue weighted by Crippen LogP contribution is 2.17. The number of nitrogens with zero attached hydrogens (tertiary/aromatic N) is 4. The number of hydrazine groups is 1. The van der Waals surface area contributed by atoms with Crippen molar-refractivity contribution < 1.29 is 9.21 Å². The Bertz CT molecular complexity index is 743. The molecule has 0 saturated heterocycles. The number of rotatable bonds is 3. The van der Waals surface area contributed by atoms with Crippen LogP contribution in [0.2, 0.25) is 0 Å². The van der Waals surface area contributed by atoms with Crippen LogP contribution in [0.1, 0.15) is 33.3 Å². The second kappa shape index (κ2) is 5.26. The number of nitrogen functional groups attached to an aromatic ring is 1. The summed E-state index contributed by atoms with van der Waals surface area (Å²) >= 11 is 0. The van der Waals surface area contributed by atoms with E-state index in [1.807, 2.05) is 17.6 Å². The molecule has 0 aliphatic heterocycles. The fraction of sp³-hybridized carbons (Fsp3) is 0.167. The molecule has 0 unspecified atom stereocenters. The quantitative estimate of drug-likeness (QED) is 0.464. The number of hydrogen-bond donors (Lipinski definition) is 2. The number of amides is 1. The summed E-state index contributed by atoms with van der Waals surface area (Å²) in [5.74, 6) is 5.10. The van der Waals surface area contributed by atoms with E-state index in [-0.39, 0.29) is 23.7 Å². The molecule has 2 heterocycles. The molecule has 3 N–H and O–H groups in total. The van der Waals surface area contributed by atoms with Gasteiger partial charge in [0.1, 0.15) is 17.9 Å². The minimum absolute atomic E-state index is 0.0635. The van der Waals surface area contributed by atoms with Gasteiger partial charge in [0.25, 0.3) is 0 Å². The number of nitrogens with two attached hydrogens (primary N) is 1. The number of nitrogens with one attached hydrogen (secondary N) is 1. The van der Waals surface area contributed by atoms with Gasteiger partial charge < -0.3 is 8.98 Å². The van der Waals surface area contributed by atoms with Crippen molar-refractivity contribution in [3.63, 3.8) is 0 Å². The zero-order chi connectivity index (χ0) is 14.7. The zero-order valence-electron chi connectivity index (χ0n) is 10.5. The van der Waals surface area contributed by atoms with E-state index in [1.165, 1.54) is 17.0 Å². The molecule has 0 fully saturated rings. The molecular weight excluding hydrogens is 260 g/mol. The van der Waals surface area contributed by atoms with Gasteiger partial charge in [-0.05, 0) is 13.0 Å². The van der Waals surface area contributed by atoms with Gasteiger partial charge in [0.05, 0.1) is 12.9 Å². The van der Waals surface area contributed by atoms with Crippen LogP contribution in [0.5, 0.6) is 0 Å². The number of nitriles is 2. The summed E-state index contributed by atoms with van der Waals surface area (Å²) in [5, 5.41) is 17.9. The molecule has 0 bridgehead atoms. The highest BCUT2D eigenvalue weighted by atomic mass is 16.4. The summed E-state index contributed by atoms with van der Waals surface area (Å²) in [6.45, 7) is 1.96. The van der Waals surface area contributed by atoms with Gasteiger partial charge in [-0.1, -0.05) is 0 Å². The molecule has 8 nitrogen and oxygen atoms in total. The van der Waals surface area contributed by atoms with Crippen LogP contribution in [0.4, 0.5) is 0 Å². The lowest BCUT2D eigenvalue weighted by molar-refractivity contribution is 0.0924. The third kappa shape index (κ3) is 2.23. The normalized spacial score (nSPS) is 9.80. The molecular formula is C12H10N6O2. The number of furan rings is 1. The Labute approximate surface area is 114 Å². The van der Waals surface area contributed by atoms with E-state index in [0.717, 1.165) is 0 Å². The molecule has 1 amide bonds. The molecule has 0 atom stereocenters. The van der Waals surface area contributed by atoms with Gasteiger partial charge in [-0.15, -0.1) is 0 Å². The monoisotopic (exact) mass is 270 g/mol. The van der Waals surface area contributed by atoms with Crippen LogP contribution in [-0.4, -0.2) is 15.5 Å². The van der Waals surface area contributed by atoms with Crippen LogP contribution in [0.25, 0.3) is 0 Å². The SMILES string of the molecule is Cc1oc(C(=O)NN)cc1Cn1cnc(C#N)c1C#N. The smallest absolute Gasteiger partial charge is 0.300 e. The van der Waals surface area contributed by atoms with Crippen LogP contribution < -0.4 is 11.3 Å². The second-order valence-electron chi connectivity index (χ2n) is 3.96. The van der Waals surface area contributed by atoms with Gasteiger partial charge in [-0.3, -0.25) is 10.2 Å². The van der Waals surface area contributed by atoms with E-state index in [4.69, 9.17) is 20.8 Å². The van der Waals surface area contributed by atoms with E-state index in [2.05, 4.69) is 4.98 Å². The van der Waals surface area contributed by atoms with Crippen LogP contribution in [0.3, 0.4) is 0 Å². The predicted molar refractivity (Wildman–Crippen MR) is 65.9 cm³/mol. The average molecular weight is 270 g/mol. The molecule has 2 rings (SSSR count). The molecule has 8 heteroatoms. The van der Waals surface area contributed by atoms with E-state index in [1.54, 1.807) is 6.92 Å². The Morgan fingerprint density at radius 3 is 2.90 bits per heavy atom. The minimum atomic E-state index is -0.539. The van der Waals surface area contributed by atoms with E-state index in [9.17, 15) is 4.79 Å². The first-order chi connectivity index (χ1) is 9.60. The molecule has 2 aromatic heterocycles. The van der Waals surface area contributed by atoms with Crippen molar-refractivity contribution in [3.8, 4) is 12.1 Å². The molecule has 100 valence electrons. The fourth-order valence-electron chi connectivity index (χ4n) is 1.74. The lowest BCUT2D eigenvalue weighted by atomic mass is 10.2. The number of aromatic nitrogens is 2. The molecule has 0 spiro atoms. The summed E-state index contributed by atoms with van der Waals surface area (Å²) < 4.78 is 6.79. The highest BCUT2D eigenvalue weighted by Gasteiger charge is 2.16. The van der Waals surface area contributed by atoms with Crippen molar-refractivity contribution in [2.45, 2.75) is 13.5 Å². The summed E-state index contributed by atoms with van der Waals surface area (Å²) in [6, 6.07) is 5.30. The lowest BCUT2D eigenvalue weighted by Gasteiger charge is -2.01. The Morgan fingerprint density at radius 2 is 2.30 bits per heavy atom. The number of imidazole rings is 1. The molecule has 0 aliphatic rings. The lowest BCUT2D eigenvalue weighted by Crippen LogP contribution is -2.29. The van der Waals surface area contributed by atoms with E-state index >= 15 is 0 Å². The van der Waals surface area contributed by atoms with Crippen molar-refractivity contribution in [1.82, 2.24) is 15.0 Å². The average Bonchev–Trinajstić information content (AvgIpc) is 3.02. The van der Waals surface area contributed by atoms with E-state index in [0.29, 0.717) is 11.3 Å². The van der Waals surface area contributed by atoms with Crippen molar-refractivity contribution >= 4 is 5.91 Å². The Morgan fingerprint density at radius 1 is 1.55 bits per heavy atom. The van der Waals surface area contributed by atoms with Crippen LogP contribution in [0, 0.1) is 29.6 Å². The summed E-state index contributed by atoms with van der Waals surface area (Å²) in [6.07, 6.45) is 1.40. The summed E-state index contributed by atoms with van der Waals surface area (Å²) in [5.41, 5.74) is 2.90. The topological polar surface area (TPSA) is 134 Å². The molecule has 0 saturated carbocycles. The van der Waals surface area contributed by atoms with Crippen molar-refractivity contribution in [1.29, 1.82) is 10.5 Å². The highest BCUT2D eigenvalue weighted by molar-refractivity contribution is 5.91. The van der Waals surface area contributed by atoms with Crippen molar-refractivity contribution in [2.75, 3.05) is 0 Å². The van der Waals surface area contributed by atoms with Gasteiger partial charge >= 0.3 is 5.91 Å². The van der Waals surface area contributed by atoms with E-state index < -0.39 is 5.91 Å². The Balaban J connectivity index is 2.34. The maximum atomic E-state index is 11.4. The van der Waals surface area contributed by atoms with Gasteiger partial charge in [0, 0.05) is 5.56 Å². The molecule has 2 aromatic rings. The number of carbonyl (C=O) groups is 1. The van der Waals surface area contributed by atoms with Crippen LogP contribution >= 0.6 is 0 Å². The van der Waals surface area contributed by atoms with Crippen molar-refractivity contribution in [2.24, 2.45) is 5.84 Å². The first-order valence-electron chi connectivity index (χ1n) is 5.56. The van der Waals surface area contributed by atoms with Gasteiger partial charge in [0.15, 0.2) is 17.1 Å². The number of carbonyl (C=O) groups excluding carboxylic acids is 1. The molecule has 20 heavy (non-hydrogen) atoms.